The highest BCUT2D eigenvalue weighted by Gasteiger charge is 2.26. The van der Waals surface area contributed by atoms with Crippen molar-refractivity contribution in [1.82, 2.24) is 9.88 Å². The molecule has 4 nitrogen and oxygen atoms in total. The monoisotopic (exact) mass is 351 g/mol. The van der Waals surface area contributed by atoms with Crippen LogP contribution in [0.4, 0.5) is 5.69 Å². The van der Waals surface area contributed by atoms with Gasteiger partial charge in [0.2, 0.25) is 0 Å². The molecule has 128 valence electrons. The summed E-state index contributed by atoms with van der Waals surface area (Å²) in [6, 6.07) is 10.2. The Balaban J connectivity index is 1.53. The van der Waals surface area contributed by atoms with Crippen LogP contribution in [0, 0.1) is 13.8 Å². The number of anilines is 1. The third kappa shape index (κ3) is 2.89. The first kappa shape index (κ1) is 16.1. The van der Waals surface area contributed by atoms with Gasteiger partial charge in [-0.15, -0.1) is 11.3 Å². The number of piperazine rings is 1. The van der Waals surface area contributed by atoms with E-state index in [0.717, 1.165) is 42.0 Å². The first-order chi connectivity index (χ1) is 12.1. The topological polar surface area (TPSA) is 36.4 Å². The Bertz CT molecular complexity index is 926. The molecule has 0 N–H and O–H groups in total. The van der Waals surface area contributed by atoms with Gasteiger partial charge in [0, 0.05) is 59.2 Å². The van der Waals surface area contributed by atoms with Gasteiger partial charge >= 0.3 is 0 Å². The SMILES string of the molecule is Cc1cnccc1N1CCN(C(=O)c2c(C)sc3ccccc23)CC1. The number of nitrogens with zero attached hydrogens (tertiary/aromatic N) is 3. The number of thiophene rings is 1. The number of pyridine rings is 1. The molecule has 4 rings (SSSR count). The number of carbonyl (C=O) groups is 1. The molecule has 1 saturated heterocycles. The third-order valence-electron chi connectivity index (χ3n) is 4.88. The van der Waals surface area contributed by atoms with Gasteiger partial charge in [-0.1, -0.05) is 18.2 Å². The Morgan fingerprint density at radius 2 is 1.84 bits per heavy atom. The lowest BCUT2D eigenvalue weighted by Gasteiger charge is -2.36. The molecule has 1 aliphatic heterocycles. The summed E-state index contributed by atoms with van der Waals surface area (Å²) in [6.45, 7) is 7.36. The average Bonchev–Trinajstić information content (AvgIpc) is 2.97. The van der Waals surface area contributed by atoms with Crippen LogP contribution in [0.15, 0.2) is 42.7 Å². The second kappa shape index (κ2) is 6.48. The van der Waals surface area contributed by atoms with Crippen molar-refractivity contribution in [3.05, 3.63) is 58.7 Å². The number of amides is 1. The van der Waals surface area contributed by atoms with Crippen LogP contribution >= 0.6 is 11.3 Å². The van der Waals surface area contributed by atoms with E-state index in [0.29, 0.717) is 0 Å². The molecule has 0 bridgehead atoms. The number of benzene rings is 1. The highest BCUT2D eigenvalue weighted by Crippen LogP contribution is 2.32. The number of fused-ring (bicyclic) bond motifs is 1. The number of hydrogen-bond donors (Lipinski definition) is 0. The smallest absolute Gasteiger partial charge is 0.255 e. The lowest BCUT2D eigenvalue weighted by atomic mass is 10.1. The molecular weight excluding hydrogens is 330 g/mol. The summed E-state index contributed by atoms with van der Waals surface area (Å²) in [7, 11) is 0. The molecule has 1 aromatic carbocycles. The maximum atomic E-state index is 13.1. The van der Waals surface area contributed by atoms with Gasteiger partial charge in [-0.05, 0) is 31.5 Å². The minimum absolute atomic E-state index is 0.168. The van der Waals surface area contributed by atoms with E-state index < -0.39 is 0 Å². The van der Waals surface area contributed by atoms with E-state index >= 15 is 0 Å². The predicted octanol–water partition coefficient (Wildman–Crippen LogP) is 3.88. The molecule has 3 aromatic rings. The van der Waals surface area contributed by atoms with E-state index in [1.54, 1.807) is 11.3 Å². The summed E-state index contributed by atoms with van der Waals surface area (Å²) in [5.74, 6) is 0.168. The summed E-state index contributed by atoms with van der Waals surface area (Å²) in [6.07, 6.45) is 3.73. The van der Waals surface area contributed by atoms with Crippen LogP contribution in [-0.2, 0) is 0 Å². The van der Waals surface area contributed by atoms with Crippen LogP contribution in [0.1, 0.15) is 20.8 Å². The second-order valence-electron chi connectivity index (χ2n) is 6.47. The first-order valence-electron chi connectivity index (χ1n) is 8.58. The lowest BCUT2D eigenvalue weighted by molar-refractivity contribution is 0.0748. The largest absolute Gasteiger partial charge is 0.368 e. The van der Waals surface area contributed by atoms with Crippen molar-refractivity contribution in [3.8, 4) is 0 Å². The van der Waals surface area contributed by atoms with Gasteiger partial charge in [0.05, 0.1) is 5.56 Å². The van der Waals surface area contributed by atoms with Crippen molar-refractivity contribution in [3.63, 3.8) is 0 Å². The van der Waals surface area contributed by atoms with E-state index in [1.165, 1.54) is 16.0 Å². The number of aryl methyl sites for hydroxylation is 2. The second-order valence-corrected chi connectivity index (χ2v) is 7.73. The van der Waals surface area contributed by atoms with Gasteiger partial charge in [-0.25, -0.2) is 0 Å². The van der Waals surface area contributed by atoms with Gasteiger partial charge < -0.3 is 9.80 Å². The minimum atomic E-state index is 0.168. The third-order valence-corrected chi connectivity index (χ3v) is 5.97. The fraction of sp³-hybridized carbons (Fsp3) is 0.300. The molecule has 0 atom stereocenters. The van der Waals surface area contributed by atoms with Crippen molar-refractivity contribution in [1.29, 1.82) is 0 Å². The lowest BCUT2D eigenvalue weighted by Crippen LogP contribution is -2.49. The van der Waals surface area contributed by atoms with E-state index in [2.05, 4.69) is 41.9 Å². The number of carbonyl (C=O) groups excluding carboxylic acids is 1. The zero-order valence-electron chi connectivity index (χ0n) is 14.5. The Morgan fingerprint density at radius 1 is 1.08 bits per heavy atom. The molecule has 1 amide bonds. The first-order valence-corrected chi connectivity index (χ1v) is 9.40. The fourth-order valence-electron chi connectivity index (χ4n) is 3.56. The molecule has 25 heavy (non-hydrogen) atoms. The van der Waals surface area contributed by atoms with Crippen LogP contribution in [-0.4, -0.2) is 42.0 Å². The zero-order chi connectivity index (χ0) is 17.4. The number of aromatic nitrogens is 1. The molecule has 0 unspecified atom stereocenters. The standard InChI is InChI=1S/C20H21N3OS/c1-14-13-21-8-7-17(14)22-9-11-23(12-10-22)20(24)19-15(2)25-18-6-4-3-5-16(18)19/h3-8,13H,9-12H2,1-2H3. The van der Waals surface area contributed by atoms with Crippen LogP contribution in [0.5, 0.6) is 0 Å². The van der Waals surface area contributed by atoms with E-state index in [1.807, 2.05) is 29.4 Å². The maximum absolute atomic E-state index is 13.1. The molecule has 1 fully saturated rings. The maximum Gasteiger partial charge on any atom is 0.255 e. The van der Waals surface area contributed by atoms with Crippen molar-refractivity contribution in [2.45, 2.75) is 13.8 Å². The van der Waals surface area contributed by atoms with Gasteiger partial charge in [-0.2, -0.15) is 0 Å². The highest BCUT2D eigenvalue weighted by atomic mass is 32.1. The van der Waals surface area contributed by atoms with Crippen LogP contribution < -0.4 is 4.90 Å². The Morgan fingerprint density at radius 3 is 2.60 bits per heavy atom. The molecule has 0 spiro atoms. The Kier molecular flexibility index (Phi) is 4.17. The molecule has 0 aliphatic carbocycles. The fourth-order valence-corrected chi connectivity index (χ4v) is 4.62. The average molecular weight is 351 g/mol. The Labute approximate surface area is 151 Å². The summed E-state index contributed by atoms with van der Waals surface area (Å²) in [5, 5.41) is 1.09. The summed E-state index contributed by atoms with van der Waals surface area (Å²) in [4.78, 5) is 22.7. The Hall–Kier alpha value is -2.40. The predicted molar refractivity (Wildman–Crippen MR) is 104 cm³/mol. The molecule has 0 radical (unpaired) electrons. The van der Waals surface area contributed by atoms with Crippen molar-refractivity contribution >= 4 is 33.0 Å². The van der Waals surface area contributed by atoms with Gasteiger partial charge in [0.25, 0.3) is 5.91 Å². The van der Waals surface area contributed by atoms with Crippen LogP contribution in [0.3, 0.4) is 0 Å². The summed E-state index contributed by atoms with van der Waals surface area (Å²) >= 11 is 1.71. The van der Waals surface area contributed by atoms with Crippen molar-refractivity contribution in [2.24, 2.45) is 0 Å². The molecule has 1 aliphatic rings. The molecule has 5 heteroatoms. The van der Waals surface area contributed by atoms with Gasteiger partial charge in [-0.3, -0.25) is 9.78 Å². The summed E-state index contributed by atoms with van der Waals surface area (Å²) in [5.41, 5.74) is 3.29. The zero-order valence-corrected chi connectivity index (χ0v) is 15.3. The quantitative estimate of drug-likeness (QED) is 0.703. The van der Waals surface area contributed by atoms with Crippen LogP contribution in [0.25, 0.3) is 10.1 Å². The number of hydrogen-bond acceptors (Lipinski definition) is 4. The van der Waals surface area contributed by atoms with E-state index in [4.69, 9.17) is 0 Å². The van der Waals surface area contributed by atoms with Crippen molar-refractivity contribution in [2.75, 3.05) is 31.1 Å². The normalized spacial score (nSPS) is 15.0. The van der Waals surface area contributed by atoms with Gasteiger partial charge in [0.15, 0.2) is 0 Å². The van der Waals surface area contributed by atoms with E-state index in [9.17, 15) is 4.79 Å². The van der Waals surface area contributed by atoms with Crippen LogP contribution in [0.2, 0.25) is 0 Å². The molecule has 3 heterocycles. The minimum Gasteiger partial charge on any atom is -0.368 e. The molecule has 2 aromatic heterocycles. The highest BCUT2D eigenvalue weighted by molar-refractivity contribution is 7.19. The van der Waals surface area contributed by atoms with Gasteiger partial charge in [0.1, 0.15) is 0 Å². The summed E-state index contributed by atoms with van der Waals surface area (Å²) < 4.78 is 1.19. The number of rotatable bonds is 2. The molecular formula is C20H21N3OS. The molecule has 0 saturated carbocycles. The van der Waals surface area contributed by atoms with Crippen molar-refractivity contribution < 1.29 is 4.79 Å². The van der Waals surface area contributed by atoms with E-state index in [-0.39, 0.29) is 5.91 Å².